The van der Waals surface area contributed by atoms with Crippen molar-refractivity contribution in [3.05, 3.63) is 52.4 Å². The number of hydrogen-bond acceptors (Lipinski definition) is 4. The number of nitrogens with two attached hydrogens (primary N) is 1. The van der Waals surface area contributed by atoms with Gasteiger partial charge in [0.05, 0.1) is 5.92 Å². The van der Waals surface area contributed by atoms with Crippen LogP contribution in [0.1, 0.15) is 11.5 Å². The van der Waals surface area contributed by atoms with Gasteiger partial charge in [0.15, 0.2) is 11.0 Å². The van der Waals surface area contributed by atoms with Crippen LogP contribution in [0.5, 0.6) is 0 Å². The largest absolute Gasteiger partial charge is 0.329 e. The molecule has 0 spiro atoms. The number of hydrogen-bond donors (Lipinski definition) is 2. The van der Waals surface area contributed by atoms with Gasteiger partial charge in [-0.05, 0) is 5.56 Å². The SMILES string of the molecule is NCC(C(=O)Nc1ncnc(Cl)c1Cl)c1ccccc1. The summed E-state index contributed by atoms with van der Waals surface area (Å²) in [5, 5.41) is 2.80. The third-order valence-electron chi connectivity index (χ3n) is 2.74. The highest BCUT2D eigenvalue weighted by Gasteiger charge is 2.20. The highest BCUT2D eigenvalue weighted by atomic mass is 35.5. The van der Waals surface area contributed by atoms with Gasteiger partial charge in [-0.2, -0.15) is 0 Å². The van der Waals surface area contributed by atoms with Crippen LogP contribution in [0.3, 0.4) is 0 Å². The number of anilines is 1. The highest BCUT2D eigenvalue weighted by molar-refractivity contribution is 6.42. The summed E-state index contributed by atoms with van der Waals surface area (Å²) in [6.07, 6.45) is 1.23. The van der Waals surface area contributed by atoms with Gasteiger partial charge >= 0.3 is 0 Å². The molecule has 0 bridgehead atoms. The molecule has 5 nitrogen and oxygen atoms in total. The van der Waals surface area contributed by atoms with E-state index in [1.165, 1.54) is 6.33 Å². The number of amides is 1. The van der Waals surface area contributed by atoms with Crippen molar-refractivity contribution in [3.8, 4) is 0 Å². The van der Waals surface area contributed by atoms with Crippen molar-refractivity contribution in [2.75, 3.05) is 11.9 Å². The zero-order valence-electron chi connectivity index (χ0n) is 10.4. The maximum absolute atomic E-state index is 12.3. The average molecular weight is 311 g/mol. The first kappa shape index (κ1) is 14.7. The van der Waals surface area contributed by atoms with E-state index < -0.39 is 5.92 Å². The van der Waals surface area contributed by atoms with Crippen LogP contribution >= 0.6 is 23.2 Å². The number of rotatable bonds is 4. The number of aromatic nitrogens is 2. The molecule has 104 valence electrons. The first-order valence-electron chi connectivity index (χ1n) is 5.85. The molecule has 1 unspecified atom stereocenters. The van der Waals surface area contributed by atoms with E-state index in [9.17, 15) is 4.79 Å². The number of carbonyl (C=O) groups is 1. The summed E-state index contributed by atoms with van der Waals surface area (Å²) in [5.74, 6) is -0.609. The van der Waals surface area contributed by atoms with Gasteiger partial charge in [0.1, 0.15) is 11.3 Å². The van der Waals surface area contributed by atoms with Crippen molar-refractivity contribution in [1.82, 2.24) is 9.97 Å². The van der Waals surface area contributed by atoms with Crippen molar-refractivity contribution in [3.63, 3.8) is 0 Å². The third-order valence-corrected chi connectivity index (χ3v) is 3.48. The second kappa shape index (κ2) is 6.65. The summed E-state index contributed by atoms with van der Waals surface area (Å²) in [4.78, 5) is 19.9. The fourth-order valence-corrected chi connectivity index (χ4v) is 2.00. The van der Waals surface area contributed by atoms with Crippen molar-refractivity contribution in [2.45, 2.75) is 5.92 Å². The van der Waals surface area contributed by atoms with Crippen LogP contribution in [-0.4, -0.2) is 22.4 Å². The molecule has 0 saturated heterocycles. The van der Waals surface area contributed by atoms with E-state index in [2.05, 4.69) is 15.3 Å². The van der Waals surface area contributed by atoms with E-state index >= 15 is 0 Å². The molecule has 1 heterocycles. The molecular weight excluding hydrogens is 299 g/mol. The molecule has 2 aromatic rings. The van der Waals surface area contributed by atoms with E-state index in [0.29, 0.717) is 0 Å². The number of carbonyl (C=O) groups excluding carboxylic acids is 1. The van der Waals surface area contributed by atoms with Crippen LogP contribution in [0, 0.1) is 0 Å². The summed E-state index contributed by atoms with van der Waals surface area (Å²) in [7, 11) is 0. The van der Waals surface area contributed by atoms with Gasteiger partial charge in [-0.1, -0.05) is 53.5 Å². The molecular formula is C13H12Cl2N4O. The van der Waals surface area contributed by atoms with Gasteiger partial charge in [-0.3, -0.25) is 4.79 Å². The Labute approximate surface area is 126 Å². The number of nitrogens with zero attached hydrogens (tertiary/aromatic N) is 2. The van der Waals surface area contributed by atoms with Crippen LogP contribution in [0.4, 0.5) is 5.82 Å². The molecule has 1 amide bonds. The number of nitrogens with one attached hydrogen (secondary N) is 1. The maximum Gasteiger partial charge on any atom is 0.234 e. The summed E-state index contributed by atoms with van der Waals surface area (Å²) in [5.41, 5.74) is 6.50. The molecule has 0 saturated carbocycles. The first-order chi connectivity index (χ1) is 9.63. The maximum atomic E-state index is 12.3. The predicted molar refractivity (Wildman–Crippen MR) is 78.9 cm³/mol. The Bertz CT molecular complexity index is 607. The Morgan fingerprint density at radius 1 is 1.25 bits per heavy atom. The Morgan fingerprint density at radius 2 is 1.95 bits per heavy atom. The first-order valence-corrected chi connectivity index (χ1v) is 6.61. The van der Waals surface area contributed by atoms with Crippen molar-refractivity contribution < 1.29 is 4.79 Å². The fourth-order valence-electron chi connectivity index (χ4n) is 1.72. The molecule has 0 radical (unpaired) electrons. The summed E-state index contributed by atoms with van der Waals surface area (Å²) < 4.78 is 0. The number of halogens is 2. The quantitative estimate of drug-likeness (QED) is 0.850. The van der Waals surface area contributed by atoms with E-state index in [4.69, 9.17) is 28.9 Å². The zero-order valence-corrected chi connectivity index (χ0v) is 11.9. The lowest BCUT2D eigenvalue weighted by Gasteiger charge is -2.15. The summed E-state index contributed by atoms with van der Waals surface area (Å²) in [6.45, 7) is 0.173. The minimum atomic E-state index is -0.485. The van der Waals surface area contributed by atoms with Gasteiger partial charge in [-0.15, -0.1) is 0 Å². The molecule has 1 aromatic heterocycles. The lowest BCUT2D eigenvalue weighted by atomic mass is 9.98. The van der Waals surface area contributed by atoms with E-state index in [1.54, 1.807) is 0 Å². The molecule has 2 rings (SSSR count). The van der Waals surface area contributed by atoms with Gasteiger partial charge in [0.25, 0.3) is 0 Å². The second-order valence-electron chi connectivity index (χ2n) is 4.02. The monoisotopic (exact) mass is 310 g/mol. The van der Waals surface area contributed by atoms with Gasteiger partial charge < -0.3 is 11.1 Å². The minimum Gasteiger partial charge on any atom is -0.329 e. The van der Waals surface area contributed by atoms with Crippen LogP contribution < -0.4 is 11.1 Å². The zero-order chi connectivity index (χ0) is 14.5. The molecule has 7 heteroatoms. The summed E-state index contributed by atoms with van der Waals surface area (Å²) >= 11 is 11.7. The topological polar surface area (TPSA) is 80.9 Å². The third kappa shape index (κ3) is 3.25. The van der Waals surface area contributed by atoms with Crippen molar-refractivity contribution in [2.24, 2.45) is 5.73 Å². The molecule has 0 aliphatic carbocycles. The van der Waals surface area contributed by atoms with Crippen LogP contribution in [-0.2, 0) is 4.79 Å². The van der Waals surface area contributed by atoms with E-state index in [-0.39, 0.29) is 28.4 Å². The molecule has 20 heavy (non-hydrogen) atoms. The predicted octanol–water partition coefficient (Wildman–Crippen LogP) is 2.46. The minimum absolute atomic E-state index is 0.0842. The summed E-state index contributed by atoms with van der Waals surface area (Å²) in [6, 6.07) is 9.24. The smallest absolute Gasteiger partial charge is 0.234 e. The molecule has 0 aliphatic heterocycles. The van der Waals surface area contributed by atoms with Gasteiger partial charge in [0, 0.05) is 6.54 Å². The van der Waals surface area contributed by atoms with Crippen LogP contribution in [0.15, 0.2) is 36.7 Å². The lowest BCUT2D eigenvalue weighted by molar-refractivity contribution is -0.117. The van der Waals surface area contributed by atoms with Crippen molar-refractivity contribution in [1.29, 1.82) is 0 Å². The molecule has 0 fully saturated rings. The van der Waals surface area contributed by atoms with Crippen LogP contribution in [0.2, 0.25) is 10.2 Å². The molecule has 1 atom stereocenters. The highest BCUT2D eigenvalue weighted by Crippen LogP contribution is 2.26. The Morgan fingerprint density at radius 3 is 2.60 bits per heavy atom. The Hall–Kier alpha value is -1.69. The molecule has 1 aromatic carbocycles. The fraction of sp³-hybridized carbons (Fsp3) is 0.154. The van der Waals surface area contributed by atoms with E-state index in [1.807, 2.05) is 30.3 Å². The average Bonchev–Trinajstić information content (AvgIpc) is 2.46. The van der Waals surface area contributed by atoms with E-state index in [0.717, 1.165) is 5.56 Å². The standard InChI is InChI=1S/C13H12Cl2N4O/c14-10-11(15)17-7-18-12(10)19-13(20)9(6-16)8-4-2-1-3-5-8/h1-5,7,9H,6,16H2,(H,17,18,19,20). The lowest BCUT2D eigenvalue weighted by Crippen LogP contribution is -2.27. The van der Waals surface area contributed by atoms with Crippen LogP contribution in [0.25, 0.3) is 0 Å². The molecule has 0 aliphatic rings. The molecule has 3 N–H and O–H groups in total. The normalized spacial score (nSPS) is 11.9. The van der Waals surface area contributed by atoms with Crippen molar-refractivity contribution >= 4 is 34.9 Å². The Kier molecular flexibility index (Phi) is 4.89. The van der Waals surface area contributed by atoms with Gasteiger partial charge in [-0.25, -0.2) is 9.97 Å². The second-order valence-corrected chi connectivity index (χ2v) is 4.75. The Balaban J connectivity index is 2.20. The number of benzene rings is 1. The van der Waals surface area contributed by atoms with Gasteiger partial charge in [0.2, 0.25) is 5.91 Å².